The summed E-state index contributed by atoms with van der Waals surface area (Å²) in [5.41, 5.74) is 5.47. The van der Waals surface area contributed by atoms with Crippen LogP contribution in [-0.2, 0) is 9.53 Å². The van der Waals surface area contributed by atoms with Gasteiger partial charge in [-0.05, 0) is 25.7 Å². The lowest BCUT2D eigenvalue weighted by molar-refractivity contribution is -0.180. The monoisotopic (exact) mass is 282 g/mol. The molecule has 2 N–H and O–H groups in total. The Morgan fingerprint density at radius 3 is 2.60 bits per heavy atom. The number of nitrogens with two attached hydrogens (primary N) is 1. The molecular weight excluding hydrogens is 252 g/mol. The van der Waals surface area contributed by atoms with Gasteiger partial charge in [0.05, 0.1) is 6.10 Å². The molecule has 4 nitrogen and oxygen atoms in total. The zero-order valence-corrected chi connectivity index (χ0v) is 13.6. The molecule has 1 aliphatic heterocycles. The van der Waals surface area contributed by atoms with Crippen molar-refractivity contribution in [1.82, 2.24) is 4.90 Å². The SMILES string of the molecule is CCOC1CC(N)(C(=O)N2CCCC2C(C)C)C1(C)C. The third-order valence-corrected chi connectivity index (χ3v) is 5.54. The van der Waals surface area contributed by atoms with Crippen molar-refractivity contribution < 1.29 is 9.53 Å². The molecule has 2 aliphatic rings. The van der Waals surface area contributed by atoms with Crippen molar-refractivity contribution in [3.63, 3.8) is 0 Å². The number of ether oxygens (including phenoxy) is 1. The molecule has 0 bridgehead atoms. The summed E-state index contributed by atoms with van der Waals surface area (Å²) in [7, 11) is 0. The number of amides is 1. The number of nitrogens with zero attached hydrogens (tertiary/aromatic N) is 1. The molecule has 0 radical (unpaired) electrons. The fraction of sp³-hybridized carbons (Fsp3) is 0.938. The first kappa shape index (κ1) is 15.8. The van der Waals surface area contributed by atoms with Gasteiger partial charge in [0.25, 0.3) is 0 Å². The minimum Gasteiger partial charge on any atom is -0.378 e. The predicted octanol–water partition coefficient (Wildman–Crippen LogP) is 2.17. The van der Waals surface area contributed by atoms with E-state index >= 15 is 0 Å². The molecule has 1 heterocycles. The summed E-state index contributed by atoms with van der Waals surface area (Å²) in [5.74, 6) is 0.630. The van der Waals surface area contributed by atoms with Crippen molar-refractivity contribution in [2.45, 2.75) is 71.6 Å². The van der Waals surface area contributed by atoms with Crippen molar-refractivity contribution in [2.75, 3.05) is 13.2 Å². The first-order valence-electron chi connectivity index (χ1n) is 7.97. The summed E-state index contributed by atoms with van der Waals surface area (Å²) >= 11 is 0. The van der Waals surface area contributed by atoms with Crippen molar-refractivity contribution in [2.24, 2.45) is 17.1 Å². The van der Waals surface area contributed by atoms with Crippen molar-refractivity contribution in [1.29, 1.82) is 0 Å². The molecule has 1 saturated heterocycles. The van der Waals surface area contributed by atoms with E-state index in [0.29, 0.717) is 25.0 Å². The van der Waals surface area contributed by atoms with E-state index in [4.69, 9.17) is 10.5 Å². The standard InChI is InChI=1S/C16H30N2O2/c1-6-20-13-10-16(17,15(13,4)5)14(19)18-9-7-8-12(18)11(2)3/h11-13H,6-10,17H2,1-5H3. The molecule has 4 heteroatoms. The van der Waals surface area contributed by atoms with E-state index in [2.05, 4.69) is 27.7 Å². The third-order valence-electron chi connectivity index (χ3n) is 5.54. The van der Waals surface area contributed by atoms with Gasteiger partial charge in [-0.2, -0.15) is 0 Å². The molecule has 2 rings (SSSR count). The van der Waals surface area contributed by atoms with Crippen LogP contribution in [0, 0.1) is 11.3 Å². The van der Waals surface area contributed by atoms with Gasteiger partial charge in [-0.25, -0.2) is 0 Å². The topological polar surface area (TPSA) is 55.6 Å². The van der Waals surface area contributed by atoms with Crippen molar-refractivity contribution in [3.8, 4) is 0 Å². The lowest BCUT2D eigenvalue weighted by Gasteiger charge is -2.59. The van der Waals surface area contributed by atoms with E-state index in [9.17, 15) is 4.79 Å². The summed E-state index contributed by atoms with van der Waals surface area (Å²) in [5, 5.41) is 0. The largest absolute Gasteiger partial charge is 0.378 e. The smallest absolute Gasteiger partial charge is 0.243 e. The van der Waals surface area contributed by atoms with Crippen LogP contribution in [0.5, 0.6) is 0 Å². The van der Waals surface area contributed by atoms with Crippen LogP contribution >= 0.6 is 0 Å². The van der Waals surface area contributed by atoms with Crippen LogP contribution < -0.4 is 5.73 Å². The van der Waals surface area contributed by atoms with Gasteiger partial charge >= 0.3 is 0 Å². The van der Waals surface area contributed by atoms with Crippen LogP contribution in [0.1, 0.15) is 53.9 Å². The highest BCUT2D eigenvalue weighted by molar-refractivity contribution is 5.89. The Morgan fingerprint density at radius 2 is 2.10 bits per heavy atom. The first-order valence-corrected chi connectivity index (χ1v) is 7.97. The van der Waals surface area contributed by atoms with E-state index in [1.165, 1.54) is 0 Å². The number of carbonyl (C=O) groups excluding carboxylic acids is 1. The zero-order chi connectivity index (χ0) is 15.1. The molecular formula is C16H30N2O2. The molecule has 0 aromatic carbocycles. The minimum atomic E-state index is -0.760. The molecule has 0 spiro atoms. The Kier molecular flexibility index (Phi) is 4.18. The summed E-state index contributed by atoms with van der Waals surface area (Å²) in [6.45, 7) is 12.0. The fourth-order valence-corrected chi connectivity index (χ4v) is 3.79. The maximum Gasteiger partial charge on any atom is 0.243 e. The molecule has 1 aliphatic carbocycles. The Bertz CT molecular complexity index is 381. The Hall–Kier alpha value is -0.610. The molecule has 0 aromatic heterocycles. The second kappa shape index (κ2) is 5.30. The molecule has 2 fully saturated rings. The molecule has 3 atom stereocenters. The van der Waals surface area contributed by atoms with Gasteiger partial charge in [-0.3, -0.25) is 4.79 Å². The second-order valence-corrected chi connectivity index (χ2v) is 7.29. The van der Waals surface area contributed by atoms with E-state index in [-0.39, 0.29) is 17.4 Å². The van der Waals surface area contributed by atoms with Crippen LogP contribution in [0.4, 0.5) is 0 Å². The van der Waals surface area contributed by atoms with E-state index in [1.807, 2.05) is 11.8 Å². The Labute approximate surface area is 123 Å². The van der Waals surface area contributed by atoms with Crippen molar-refractivity contribution in [3.05, 3.63) is 0 Å². The van der Waals surface area contributed by atoms with Crippen LogP contribution in [0.15, 0.2) is 0 Å². The van der Waals surface area contributed by atoms with Crippen LogP contribution in [0.25, 0.3) is 0 Å². The lowest BCUT2D eigenvalue weighted by Crippen LogP contribution is -2.76. The highest BCUT2D eigenvalue weighted by Gasteiger charge is 2.64. The molecule has 1 amide bonds. The van der Waals surface area contributed by atoms with Gasteiger partial charge in [0.15, 0.2) is 0 Å². The normalized spacial score (nSPS) is 36.2. The van der Waals surface area contributed by atoms with Crippen LogP contribution in [0.2, 0.25) is 0 Å². The van der Waals surface area contributed by atoms with Crippen LogP contribution in [-0.4, -0.2) is 41.6 Å². The van der Waals surface area contributed by atoms with Crippen molar-refractivity contribution >= 4 is 5.91 Å². The molecule has 0 aromatic rings. The highest BCUT2D eigenvalue weighted by atomic mass is 16.5. The summed E-state index contributed by atoms with van der Waals surface area (Å²) in [6, 6.07) is 0.352. The average Bonchev–Trinajstić information content (AvgIpc) is 2.86. The van der Waals surface area contributed by atoms with E-state index in [1.54, 1.807) is 0 Å². The third kappa shape index (κ3) is 2.17. The molecule has 116 valence electrons. The molecule has 3 unspecified atom stereocenters. The van der Waals surface area contributed by atoms with Gasteiger partial charge in [-0.1, -0.05) is 27.7 Å². The Balaban J connectivity index is 2.13. The quantitative estimate of drug-likeness (QED) is 0.859. The summed E-state index contributed by atoms with van der Waals surface area (Å²) < 4.78 is 5.72. The Morgan fingerprint density at radius 1 is 1.45 bits per heavy atom. The highest BCUT2D eigenvalue weighted by Crippen LogP contribution is 2.51. The maximum absolute atomic E-state index is 13.0. The van der Waals surface area contributed by atoms with Gasteiger partial charge in [0.2, 0.25) is 5.91 Å². The first-order chi connectivity index (χ1) is 9.25. The number of likely N-dealkylation sites (tertiary alicyclic amines) is 1. The lowest BCUT2D eigenvalue weighted by atomic mass is 9.54. The number of hydrogen-bond donors (Lipinski definition) is 1. The average molecular weight is 282 g/mol. The second-order valence-electron chi connectivity index (χ2n) is 7.29. The van der Waals surface area contributed by atoms with Crippen LogP contribution in [0.3, 0.4) is 0 Å². The molecule has 1 saturated carbocycles. The van der Waals surface area contributed by atoms with E-state index in [0.717, 1.165) is 19.4 Å². The number of rotatable bonds is 4. The number of carbonyl (C=O) groups is 1. The summed E-state index contributed by atoms with van der Waals surface area (Å²) in [6.07, 6.45) is 2.95. The minimum absolute atomic E-state index is 0.0987. The molecule has 20 heavy (non-hydrogen) atoms. The van der Waals surface area contributed by atoms with Gasteiger partial charge in [0.1, 0.15) is 5.54 Å². The fourth-order valence-electron chi connectivity index (χ4n) is 3.79. The van der Waals surface area contributed by atoms with Gasteiger partial charge in [0, 0.05) is 31.0 Å². The van der Waals surface area contributed by atoms with Gasteiger partial charge in [-0.15, -0.1) is 0 Å². The van der Waals surface area contributed by atoms with E-state index < -0.39 is 5.54 Å². The summed E-state index contributed by atoms with van der Waals surface area (Å²) in [4.78, 5) is 15.0. The maximum atomic E-state index is 13.0. The zero-order valence-electron chi connectivity index (χ0n) is 13.6. The predicted molar refractivity (Wildman–Crippen MR) is 80.3 cm³/mol. The number of hydrogen-bond acceptors (Lipinski definition) is 3. The van der Waals surface area contributed by atoms with Gasteiger partial charge < -0.3 is 15.4 Å².